The summed E-state index contributed by atoms with van der Waals surface area (Å²) in [6.07, 6.45) is 4.56. The Balaban J connectivity index is -0.000000207. The van der Waals surface area contributed by atoms with E-state index in [-0.39, 0.29) is 32.8 Å². The summed E-state index contributed by atoms with van der Waals surface area (Å²) >= 11 is 5.57. The molecule has 1 heterocycles. The van der Waals surface area contributed by atoms with Crippen LogP contribution < -0.4 is 0 Å². The molecule has 4 heteroatoms. The van der Waals surface area contributed by atoms with E-state index in [4.69, 9.17) is 16.7 Å². The molecule has 0 aromatic carbocycles. The van der Waals surface area contributed by atoms with Crippen molar-refractivity contribution in [1.29, 1.82) is 0 Å². The molecule has 16 heavy (non-hydrogen) atoms. The van der Waals surface area contributed by atoms with E-state index in [1.54, 1.807) is 18.3 Å². The van der Waals surface area contributed by atoms with Crippen LogP contribution in [0.15, 0.2) is 43.6 Å². The van der Waals surface area contributed by atoms with Gasteiger partial charge in [-0.2, -0.15) is 0 Å². The van der Waals surface area contributed by atoms with Crippen LogP contribution in [0.2, 0.25) is 5.02 Å². The van der Waals surface area contributed by atoms with Gasteiger partial charge in [0, 0.05) is 11.2 Å². The molecule has 0 aliphatic carbocycles. The average Bonchev–Trinajstić information content (AvgIpc) is 2.20. The van der Waals surface area contributed by atoms with Crippen molar-refractivity contribution in [2.24, 2.45) is 0 Å². The number of aliphatic hydroxyl groups is 1. The Bertz CT molecular complexity index is 273. The fourth-order valence-corrected chi connectivity index (χ4v) is 0.718. The Morgan fingerprint density at radius 3 is 2.06 bits per heavy atom. The minimum absolute atomic E-state index is 0. The molecule has 0 unspecified atom stereocenters. The first-order valence-electron chi connectivity index (χ1n) is 4.17. The van der Waals surface area contributed by atoms with Crippen LogP contribution >= 0.6 is 11.6 Å². The maximum absolute atomic E-state index is 8.54. The third kappa shape index (κ3) is 16.0. The number of pyridine rings is 1. The van der Waals surface area contributed by atoms with Gasteiger partial charge in [-0.05, 0) is 12.1 Å². The minimum Gasteiger partial charge on any atom is -0.390 e. The van der Waals surface area contributed by atoms with Gasteiger partial charge in [-0.3, -0.25) is 4.98 Å². The maximum atomic E-state index is 8.54. The molecule has 1 rings (SSSR count). The Hall–Kier alpha value is -0.497. The van der Waals surface area contributed by atoms with Crippen molar-refractivity contribution in [1.82, 2.24) is 4.98 Å². The van der Waals surface area contributed by atoms with E-state index >= 15 is 0 Å². The van der Waals surface area contributed by atoms with Gasteiger partial charge in [-0.25, -0.2) is 39.2 Å². The Morgan fingerprint density at radius 2 is 1.81 bits per heavy atom. The number of aliphatic hydroxyl groups excluding tert-OH is 1. The molecule has 86 valence electrons. The summed E-state index contributed by atoms with van der Waals surface area (Å²) in [4.78, 5) is 3.82. The summed E-state index contributed by atoms with van der Waals surface area (Å²) in [6, 6.07) is 3.29. The van der Waals surface area contributed by atoms with Crippen LogP contribution in [0.25, 0.3) is 0 Å². The number of hydrogen-bond donors (Lipinski definition) is 1. The first kappa shape index (κ1) is 20.9. The van der Waals surface area contributed by atoms with Crippen LogP contribution in [0, 0.1) is 13.8 Å². The molecule has 0 bridgehead atoms. The number of allylic oxidation sites excluding steroid dienone is 2. The van der Waals surface area contributed by atoms with Crippen molar-refractivity contribution in [3.8, 4) is 0 Å². The van der Waals surface area contributed by atoms with Gasteiger partial charge in [0.2, 0.25) is 0 Å². The zero-order valence-corrected chi connectivity index (χ0v) is 12.4. The van der Waals surface area contributed by atoms with Crippen molar-refractivity contribution in [3.63, 3.8) is 0 Å². The third-order valence-electron chi connectivity index (χ3n) is 0.941. The number of rotatable bonds is 1. The summed E-state index contributed by atoms with van der Waals surface area (Å²) in [6.45, 7) is 12.9. The maximum Gasteiger partial charge on any atom is 2.00 e. The van der Waals surface area contributed by atoms with E-state index in [2.05, 4.69) is 32.0 Å². The second-order valence-electron chi connectivity index (χ2n) is 2.20. The van der Waals surface area contributed by atoms with Gasteiger partial charge in [0.25, 0.3) is 0 Å². The van der Waals surface area contributed by atoms with Crippen molar-refractivity contribution in [3.05, 3.63) is 68.2 Å². The fourth-order valence-electron chi connectivity index (χ4n) is 0.535. The van der Waals surface area contributed by atoms with Crippen LogP contribution in [0.1, 0.15) is 5.69 Å². The molecule has 0 saturated heterocycles. The van der Waals surface area contributed by atoms with E-state index in [1.807, 2.05) is 0 Å². The van der Waals surface area contributed by atoms with Gasteiger partial charge >= 0.3 is 26.2 Å². The molecule has 1 N–H and O–H groups in total. The largest absolute Gasteiger partial charge is 2.00 e. The first-order chi connectivity index (χ1) is 7.15. The van der Waals surface area contributed by atoms with E-state index in [0.29, 0.717) is 10.7 Å². The van der Waals surface area contributed by atoms with Crippen LogP contribution in [0.5, 0.6) is 0 Å². The van der Waals surface area contributed by atoms with Gasteiger partial charge in [-0.15, -0.1) is 0 Å². The molecule has 0 saturated carbocycles. The fraction of sp³-hybridized carbons (Fsp3) is 0.0833. The summed E-state index contributed by atoms with van der Waals surface area (Å²) in [5, 5.41) is 9.15. The van der Waals surface area contributed by atoms with Crippen molar-refractivity contribution >= 4 is 11.6 Å². The smallest absolute Gasteiger partial charge is 0.390 e. The van der Waals surface area contributed by atoms with E-state index in [1.165, 1.54) is 12.2 Å². The quantitative estimate of drug-likeness (QED) is 0.807. The zero-order valence-electron chi connectivity index (χ0n) is 9.19. The second kappa shape index (κ2) is 16.9. The van der Waals surface area contributed by atoms with Crippen molar-refractivity contribution in [2.45, 2.75) is 6.61 Å². The molecular weight excluding hydrogens is 301 g/mol. The number of nitrogens with zero attached hydrogens (tertiary/aromatic N) is 1. The monoisotopic (exact) mass is 315 g/mol. The standard InChI is InChI=1S/C6H6ClNO.2C3H5.Zr/c7-5-1-2-8-6(3-5)4-9;2*1-3-2;/h1-3,9H,4H2;2*3H,1-2H2;/q;2*-1;+2. The predicted molar refractivity (Wildman–Crippen MR) is 66.3 cm³/mol. The van der Waals surface area contributed by atoms with E-state index < -0.39 is 0 Å². The summed E-state index contributed by atoms with van der Waals surface area (Å²) in [5.74, 6) is 0. The zero-order chi connectivity index (χ0) is 12.1. The van der Waals surface area contributed by atoms with Gasteiger partial charge in [0.15, 0.2) is 0 Å². The van der Waals surface area contributed by atoms with E-state index in [9.17, 15) is 0 Å². The molecule has 0 amide bonds. The van der Waals surface area contributed by atoms with Crippen LogP contribution in [-0.2, 0) is 32.8 Å². The average molecular weight is 317 g/mol. The SMILES string of the molecule is C=C[CH2-].C=C[CH2-].OCc1cc(Cl)ccn1.[Zr+2]. The summed E-state index contributed by atoms with van der Waals surface area (Å²) in [5.41, 5.74) is 0.600. The first-order valence-corrected chi connectivity index (χ1v) is 4.55. The molecule has 0 fully saturated rings. The Kier molecular flexibility index (Phi) is 22.1. The molecule has 0 aliphatic rings. The minimum atomic E-state index is -0.0550. The van der Waals surface area contributed by atoms with Crippen molar-refractivity contribution < 1.29 is 31.3 Å². The van der Waals surface area contributed by atoms with Gasteiger partial charge in [-0.1, -0.05) is 11.6 Å². The molecule has 0 aliphatic heterocycles. The number of aromatic nitrogens is 1. The van der Waals surface area contributed by atoms with Gasteiger partial charge in [0.1, 0.15) is 0 Å². The molecule has 0 atom stereocenters. The van der Waals surface area contributed by atoms with Crippen LogP contribution in [0.3, 0.4) is 0 Å². The van der Waals surface area contributed by atoms with Gasteiger partial charge in [0.05, 0.1) is 12.3 Å². The topological polar surface area (TPSA) is 33.1 Å². The van der Waals surface area contributed by atoms with Crippen LogP contribution in [-0.4, -0.2) is 10.1 Å². The van der Waals surface area contributed by atoms with E-state index in [0.717, 1.165) is 0 Å². The van der Waals surface area contributed by atoms with Gasteiger partial charge < -0.3 is 5.11 Å². The Morgan fingerprint density at radius 1 is 1.38 bits per heavy atom. The summed E-state index contributed by atoms with van der Waals surface area (Å²) in [7, 11) is 0. The molecule has 1 aromatic heterocycles. The third-order valence-corrected chi connectivity index (χ3v) is 1.18. The predicted octanol–water partition coefficient (Wildman–Crippen LogP) is 3.24. The number of halogens is 1. The van der Waals surface area contributed by atoms with Crippen molar-refractivity contribution in [2.75, 3.05) is 0 Å². The normalized spacial score (nSPS) is 6.88. The second-order valence-corrected chi connectivity index (χ2v) is 2.64. The number of hydrogen-bond acceptors (Lipinski definition) is 2. The molecular formula is C12H16ClNOZr. The summed E-state index contributed by atoms with van der Waals surface area (Å²) < 4.78 is 0. The molecule has 2 nitrogen and oxygen atoms in total. The molecule has 0 spiro atoms. The Labute approximate surface area is 122 Å². The molecule has 0 radical (unpaired) electrons. The molecule has 1 aromatic rings. The van der Waals surface area contributed by atoms with Crippen LogP contribution in [0.4, 0.5) is 0 Å².